The zero-order valence-electron chi connectivity index (χ0n) is 7.62. The molecule has 0 fully saturated rings. The average molecular weight is 169 g/mol. The molecule has 0 saturated heterocycles. The highest BCUT2D eigenvalue weighted by molar-refractivity contribution is 5.60. The number of nitrogens with zero attached hydrogens (tertiary/aromatic N) is 1. The second kappa shape index (κ2) is 4.27. The van der Waals surface area contributed by atoms with Crippen LogP contribution in [0.25, 0.3) is 12.2 Å². The van der Waals surface area contributed by atoms with Gasteiger partial charge in [-0.15, -0.1) is 0 Å². The van der Waals surface area contributed by atoms with E-state index in [4.69, 9.17) is 5.26 Å². The summed E-state index contributed by atoms with van der Waals surface area (Å²) in [6, 6.07) is 7.98. The Balaban J connectivity index is 3.08. The van der Waals surface area contributed by atoms with E-state index in [0.717, 1.165) is 11.1 Å². The van der Waals surface area contributed by atoms with E-state index in [-0.39, 0.29) is 0 Å². The number of hydrogen-bond acceptors (Lipinski definition) is 1. The van der Waals surface area contributed by atoms with E-state index in [1.807, 2.05) is 37.3 Å². The van der Waals surface area contributed by atoms with Crippen molar-refractivity contribution in [3.8, 4) is 6.07 Å². The van der Waals surface area contributed by atoms with Crippen LogP contribution in [0.3, 0.4) is 0 Å². The summed E-state index contributed by atoms with van der Waals surface area (Å²) in [7, 11) is 0. The number of aryl methyl sites for hydroxylation is 1. The van der Waals surface area contributed by atoms with Gasteiger partial charge in [-0.05, 0) is 35.8 Å². The Hall–Kier alpha value is -1.81. The minimum Gasteiger partial charge on any atom is -0.193 e. The highest BCUT2D eigenvalue weighted by atomic mass is 14.2. The summed E-state index contributed by atoms with van der Waals surface area (Å²) in [6.07, 6.45) is 5.07. The Morgan fingerprint density at radius 1 is 1.46 bits per heavy atom. The van der Waals surface area contributed by atoms with Crippen molar-refractivity contribution < 1.29 is 0 Å². The molecule has 1 nitrogen and oxygen atoms in total. The molecule has 1 heteroatoms. The molecule has 0 aliphatic heterocycles. The van der Waals surface area contributed by atoms with E-state index in [1.54, 1.807) is 6.08 Å². The zero-order chi connectivity index (χ0) is 9.68. The van der Waals surface area contributed by atoms with Crippen molar-refractivity contribution in [1.29, 1.82) is 5.26 Å². The van der Waals surface area contributed by atoms with Gasteiger partial charge < -0.3 is 0 Å². The molecule has 1 rings (SSSR count). The third-order valence-electron chi connectivity index (χ3n) is 1.87. The topological polar surface area (TPSA) is 23.8 Å². The van der Waals surface area contributed by atoms with Crippen LogP contribution in [0.5, 0.6) is 0 Å². The number of benzene rings is 1. The van der Waals surface area contributed by atoms with Crippen molar-refractivity contribution in [2.75, 3.05) is 0 Å². The van der Waals surface area contributed by atoms with Crippen molar-refractivity contribution in [2.45, 2.75) is 6.92 Å². The molecule has 0 spiro atoms. The SMILES string of the molecule is C=Cc1cc(C=CC#N)ccc1C. The quantitative estimate of drug-likeness (QED) is 0.624. The van der Waals surface area contributed by atoms with Crippen molar-refractivity contribution >= 4 is 12.2 Å². The molecule has 1 aromatic rings. The lowest BCUT2D eigenvalue weighted by atomic mass is 10.0. The Morgan fingerprint density at radius 3 is 2.85 bits per heavy atom. The molecule has 1 aromatic carbocycles. The summed E-state index contributed by atoms with van der Waals surface area (Å²) < 4.78 is 0. The van der Waals surface area contributed by atoms with Crippen LogP contribution in [0, 0.1) is 18.3 Å². The first-order valence-corrected chi connectivity index (χ1v) is 4.07. The average Bonchev–Trinajstić information content (AvgIpc) is 2.16. The second-order valence-corrected chi connectivity index (χ2v) is 2.78. The van der Waals surface area contributed by atoms with Gasteiger partial charge in [0.15, 0.2) is 0 Å². The van der Waals surface area contributed by atoms with E-state index in [9.17, 15) is 0 Å². The van der Waals surface area contributed by atoms with Crippen LogP contribution < -0.4 is 0 Å². The first-order valence-electron chi connectivity index (χ1n) is 4.07. The summed E-state index contributed by atoms with van der Waals surface area (Å²) in [4.78, 5) is 0. The van der Waals surface area contributed by atoms with Crippen molar-refractivity contribution in [3.05, 3.63) is 47.5 Å². The monoisotopic (exact) mass is 169 g/mol. The van der Waals surface area contributed by atoms with Gasteiger partial charge in [-0.2, -0.15) is 5.26 Å². The molecule has 0 radical (unpaired) electrons. The smallest absolute Gasteiger partial charge is 0.0912 e. The van der Waals surface area contributed by atoms with Gasteiger partial charge in [0.05, 0.1) is 6.07 Å². The normalized spacial score (nSPS) is 9.85. The van der Waals surface area contributed by atoms with Gasteiger partial charge in [-0.25, -0.2) is 0 Å². The summed E-state index contributed by atoms with van der Waals surface area (Å²) in [6.45, 7) is 5.76. The molecule has 0 amide bonds. The number of nitriles is 1. The molecule has 0 unspecified atom stereocenters. The maximum atomic E-state index is 8.35. The van der Waals surface area contributed by atoms with Gasteiger partial charge in [0.2, 0.25) is 0 Å². The summed E-state index contributed by atoms with van der Waals surface area (Å²) in [5.41, 5.74) is 3.34. The fourth-order valence-corrected chi connectivity index (χ4v) is 1.12. The van der Waals surface area contributed by atoms with E-state index in [1.165, 1.54) is 11.6 Å². The molecule has 0 saturated carbocycles. The Morgan fingerprint density at radius 2 is 2.23 bits per heavy atom. The minimum absolute atomic E-state index is 1.03. The molecule has 13 heavy (non-hydrogen) atoms. The third kappa shape index (κ3) is 2.31. The van der Waals surface area contributed by atoms with Crippen LogP contribution in [0.4, 0.5) is 0 Å². The van der Waals surface area contributed by atoms with Gasteiger partial charge in [-0.3, -0.25) is 0 Å². The number of allylic oxidation sites excluding steroid dienone is 1. The van der Waals surface area contributed by atoms with Gasteiger partial charge in [0.1, 0.15) is 0 Å². The van der Waals surface area contributed by atoms with Crippen molar-refractivity contribution in [1.82, 2.24) is 0 Å². The molecule has 0 heterocycles. The molecule has 0 atom stereocenters. The van der Waals surface area contributed by atoms with E-state index in [2.05, 4.69) is 6.58 Å². The summed E-state index contributed by atoms with van der Waals surface area (Å²) in [5.74, 6) is 0. The minimum atomic E-state index is 1.03. The van der Waals surface area contributed by atoms with Crippen molar-refractivity contribution in [2.24, 2.45) is 0 Å². The first kappa shape index (κ1) is 9.28. The Kier molecular flexibility index (Phi) is 3.05. The van der Waals surface area contributed by atoms with Crippen LogP contribution in [-0.4, -0.2) is 0 Å². The van der Waals surface area contributed by atoms with Gasteiger partial charge in [-0.1, -0.05) is 24.8 Å². The second-order valence-electron chi connectivity index (χ2n) is 2.78. The highest BCUT2D eigenvalue weighted by Gasteiger charge is 1.93. The fourth-order valence-electron chi connectivity index (χ4n) is 1.12. The number of hydrogen-bond donors (Lipinski definition) is 0. The van der Waals surface area contributed by atoms with Crippen LogP contribution in [0.15, 0.2) is 30.9 Å². The lowest BCUT2D eigenvalue weighted by Crippen LogP contribution is -1.81. The number of rotatable bonds is 2. The standard InChI is InChI=1S/C12H11N/c1-3-12-9-11(5-4-8-13)7-6-10(12)2/h3-7,9H,1H2,2H3. The van der Waals surface area contributed by atoms with E-state index < -0.39 is 0 Å². The van der Waals surface area contributed by atoms with Crippen LogP contribution in [-0.2, 0) is 0 Å². The fraction of sp³-hybridized carbons (Fsp3) is 0.0833. The molecule has 64 valence electrons. The maximum Gasteiger partial charge on any atom is 0.0912 e. The third-order valence-corrected chi connectivity index (χ3v) is 1.87. The molecular weight excluding hydrogens is 158 g/mol. The van der Waals surface area contributed by atoms with E-state index in [0.29, 0.717) is 0 Å². The summed E-state index contributed by atoms with van der Waals surface area (Å²) >= 11 is 0. The largest absolute Gasteiger partial charge is 0.193 e. The molecule has 0 aromatic heterocycles. The van der Waals surface area contributed by atoms with Gasteiger partial charge in [0.25, 0.3) is 0 Å². The lowest BCUT2D eigenvalue weighted by molar-refractivity contribution is 1.43. The predicted molar refractivity (Wildman–Crippen MR) is 55.9 cm³/mol. The zero-order valence-corrected chi connectivity index (χ0v) is 7.62. The van der Waals surface area contributed by atoms with Crippen LogP contribution in [0.2, 0.25) is 0 Å². The Labute approximate surface area is 78.6 Å². The summed E-state index contributed by atoms with van der Waals surface area (Å²) in [5, 5.41) is 8.35. The maximum absolute atomic E-state index is 8.35. The molecule has 0 aliphatic rings. The Bertz CT molecular complexity index is 381. The molecule has 0 bridgehead atoms. The highest BCUT2D eigenvalue weighted by Crippen LogP contribution is 2.13. The molecular formula is C12H11N. The van der Waals surface area contributed by atoms with Crippen molar-refractivity contribution in [3.63, 3.8) is 0 Å². The van der Waals surface area contributed by atoms with Gasteiger partial charge in [0, 0.05) is 6.08 Å². The van der Waals surface area contributed by atoms with Gasteiger partial charge >= 0.3 is 0 Å². The first-order chi connectivity index (χ1) is 6.27. The molecule has 0 aliphatic carbocycles. The lowest BCUT2D eigenvalue weighted by Gasteiger charge is -2.00. The molecule has 0 N–H and O–H groups in total. The predicted octanol–water partition coefficient (Wildman–Crippen LogP) is 3.17. The van der Waals surface area contributed by atoms with Crippen LogP contribution >= 0.6 is 0 Å². The van der Waals surface area contributed by atoms with E-state index >= 15 is 0 Å². The van der Waals surface area contributed by atoms with Crippen LogP contribution in [0.1, 0.15) is 16.7 Å².